The van der Waals surface area contributed by atoms with E-state index in [-0.39, 0.29) is 17.7 Å². The van der Waals surface area contributed by atoms with Crippen molar-refractivity contribution in [1.82, 2.24) is 19.9 Å². The number of rotatable bonds is 13. The Balaban J connectivity index is 0.000000171. The summed E-state index contributed by atoms with van der Waals surface area (Å²) < 4.78 is 33.2. The Morgan fingerprint density at radius 3 is 1.49 bits per heavy atom. The highest BCUT2D eigenvalue weighted by Gasteiger charge is 2.27. The lowest BCUT2D eigenvalue weighted by Crippen LogP contribution is -2.01. The average Bonchev–Trinajstić information content (AvgIpc) is 4.29. The monoisotopic (exact) mass is 1120 g/mol. The number of anilines is 4. The smallest absolute Gasteiger partial charge is 0.344 e. The summed E-state index contributed by atoms with van der Waals surface area (Å²) in [5, 5.41) is 41.9. The molecule has 82 heavy (non-hydrogen) atoms. The molecule has 18 nitrogen and oxygen atoms in total. The molecule has 0 radical (unpaired) electrons. The molecule has 10 rings (SSSR count). The zero-order valence-electron chi connectivity index (χ0n) is 46.9. The van der Waals surface area contributed by atoms with Crippen molar-refractivity contribution in [3.63, 3.8) is 0 Å². The Hall–Kier alpha value is -9.55. The van der Waals surface area contributed by atoms with Crippen LogP contribution in [0.3, 0.4) is 0 Å². The topological polar surface area (TPSA) is 260 Å². The van der Waals surface area contributed by atoms with Crippen LogP contribution >= 0.6 is 7.60 Å². The van der Waals surface area contributed by atoms with Crippen LogP contribution in [0.5, 0.6) is 29.0 Å². The summed E-state index contributed by atoms with van der Waals surface area (Å²) >= 11 is 0. The number of nitrogens with one attached hydrogen (secondary N) is 2. The molecular formula is C63H61N10O8P. The summed E-state index contributed by atoms with van der Waals surface area (Å²) in [6, 6.07) is 29.3. The van der Waals surface area contributed by atoms with Gasteiger partial charge in [0.25, 0.3) is 0 Å². The first-order valence-electron chi connectivity index (χ1n) is 26.4. The second-order valence-corrected chi connectivity index (χ2v) is 21.3. The molecule has 0 saturated heterocycles. The summed E-state index contributed by atoms with van der Waals surface area (Å²) in [7, 11) is -3.08. The molecule has 5 aromatic carbocycles. The van der Waals surface area contributed by atoms with Crippen molar-refractivity contribution in [3.8, 4) is 47.2 Å². The lowest BCUT2D eigenvalue weighted by atomic mass is 9.98. The third kappa shape index (κ3) is 14.6. The number of benzene rings is 5. The van der Waals surface area contributed by atoms with Crippen molar-refractivity contribution in [1.29, 1.82) is 15.8 Å². The largest absolute Gasteiger partial charge is 0.507 e. The maximum atomic E-state index is 12.0. The molecule has 0 aliphatic heterocycles. The van der Waals surface area contributed by atoms with Crippen LogP contribution in [0, 0.1) is 82.1 Å². The molecular weight excluding hydrogens is 1060 g/mol. The first-order valence-corrected chi connectivity index (χ1v) is 28.2. The van der Waals surface area contributed by atoms with Gasteiger partial charge in [0.1, 0.15) is 23.4 Å². The second-order valence-electron chi connectivity index (χ2n) is 19.2. The molecule has 0 unspecified atom stereocenters. The van der Waals surface area contributed by atoms with E-state index < -0.39 is 7.60 Å². The number of nitriles is 3. The van der Waals surface area contributed by atoms with Gasteiger partial charge in [0.05, 0.1) is 49.1 Å². The van der Waals surface area contributed by atoms with Gasteiger partial charge in [-0.05, 0) is 209 Å². The Bertz CT molecular complexity index is 3810. The number of Topliss-reactive ketones (excluding diaryl/α,β-unsaturated/α-hetero) is 2. The predicted octanol–water partition coefficient (Wildman–Crippen LogP) is 14.3. The number of ether oxygens (including phenoxy) is 2. The number of ketones is 2. The molecule has 0 bridgehead atoms. The lowest BCUT2D eigenvalue weighted by molar-refractivity contribution is 0.0986. The van der Waals surface area contributed by atoms with E-state index in [0.717, 1.165) is 115 Å². The molecule has 19 heteroatoms. The number of fused-ring (bicyclic) bond motifs is 3. The summed E-state index contributed by atoms with van der Waals surface area (Å²) in [5.74, 6) is 3.95. The van der Waals surface area contributed by atoms with E-state index in [1.807, 2.05) is 40.7 Å². The molecule has 0 atom stereocenters. The Morgan fingerprint density at radius 2 is 1.05 bits per heavy atom. The number of aromatic nitrogens is 4. The molecule has 3 aliphatic carbocycles. The van der Waals surface area contributed by atoms with Crippen molar-refractivity contribution in [2.75, 3.05) is 30.0 Å². The van der Waals surface area contributed by atoms with E-state index in [9.17, 15) is 19.3 Å². The quantitative estimate of drug-likeness (QED) is 0.0716. The normalized spacial score (nSPS) is 13.0. The van der Waals surface area contributed by atoms with Crippen molar-refractivity contribution < 1.29 is 37.8 Å². The number of aryl methyl sites for hydroxylation is 3. The molecule has 2 heterocycles. The third-order valence-electron chi connectivity index (χ3n) is 13.7. The summed E-state index contributed by atoms with van der Waals surface area (Å²) in [5.41, 5.74) is 15.6. The van der Waals surface area contributed by atoms with Crippen LogP contribution in [0.4, 0.5) is 23.3 Å². The standard InChI is InChI=1S/C24H19N5O.C22H18N4O2.C11H12O2.C6H12NO3P/c1-15-12-21-18(14-26-3)6-9-20(21)16(2)23(15)30-22-10-11-27-24(29-22)28-19-7-4-17(13-25)5-8-19;1-13-11-18-17(7-8-19(18)27)14(2)21(13)28-20-9-10-24-22(26-20)25-16-5-3-15(12-23)4-6-16;1-6-5-9-8(3-4-10(9)12)7(2)11(6)13;1-3-9-11(8,6-5-7)10-4-2/h4-5,7-8,10-12,14H,6,9H2,1-2H3,(H,27,28,29);3-6,9-11H,7-8H2,1-2H3,(H,24,25,26);5,13H,3-4H2,1-2H3;3-4,6H2,1-2H3/b18-14+;;;. The van der Waals surface area contributed by atoms with Crippen LogP contribution in [0.2, 0.25) is 0 Å². The molecule has 416 valence electrons. The van der Waals surface area contributed by atoms with Crippen molar-refractivity contribution >= 4 is 48.0 Å². The van der Waals surface area contributed by atoms with Gasteiger partial charge < -0.3 is 34.3 Å². The maximum Gasteiger partial charge on any atom is 0.344 e. The summed E-state index contributed by atoms with van der Waals surface area (Å²) in [6.45, 7) is 22.8. The molecule has 0 saturated carbocycles. The van der Waals surface area contributed by atoms with Gasteiger partial charge in [-0.3, -0.25) is 14.2 Å². The van der Waals surface area contributed by atoms with Crippen LogP contribution < -0.4 is 20.1 Å². The van der Waals surface area contributed by atoms with Gasteiger partial charge in [-0.1, -0.05) is 0 Å². The van der Waals surface area contributed by atoms with Gasteiger partial charge in [0.2, 0.25) is 23.7 Å². The highest BCUT2D eigenvalue weighted by Crippen LogP contribution is 2.47. The van der Waals surface area contributed by atoms with Crippen molar-refractivity contribution in [2.24, 2.45) is 0 Å². The number of hydrogen-bond acceptors (Lipinski definition) is 17. The molecule has 2 aromatic heterocycles. The van der Waals surface area contributed by atoms with Crippen LogP contribution in [0.1, 0.15) is 121 Å². The van der Waals surface area contributed by atoms with Gasteiger partial charge >= 0.3 is 7.60 Å². The number of nitrogens with zero attached hydrogens (tertiary/aromatic N) is 8. The maximum absolute atomic E-state index is 12.0. The highest BCUT2D eigenvalue weighted by atomic mass is 31.2. The Kier molecular flexibility index (Phi) is 20.2. The van der Waals surface area contributed by atoms with Gasteiger partial charge in [0.15, 0.2) is 17.8 Å². The second kappa shape index (κ2) is 27.6. The molecule has 0 amide bonds. The Morgan fingerprint density at radius 1 is 0.622 bits per heavy atom. The Labute approximate surface area is 477 Å². The summed E-state index contributed by atoms with van der Waals surface area (Å²) in [6.07, 6.45) is 9.20. The zero-order chi connectivity index (χ0) is 59.1. The number of phenolic OH excluding ortho intramolecular Hbond substituents is 1. The number of phenols is 1. The van der Waals surface area contributed by atoms with Crippen molar-refractivity contribution in [3.05, 3.63) is 187 Å². The van der Waals surface area contributed by atoms with Crippen LogP contribution in [0.25, 0.3) is 10.4 Å². The lowest BCUT2D eigenvalue weighted by Gasteiger charge is -2.15. The van der Waals surface area contributed by atoms with E-state index in [2.05, 4.69) is 60.5 Å². The van der Waals surface area contributed by atoms with E-state index in [4.69, 9.17) is 40.9 Å². The first kappa shape index (κ1) is 60.1. The summed E-state index contributed by atoms with van der Waals surface area (Å²) in [4.78, 5) is 44.2. The van der Waals surface area contributed by atoms with Gasteiger partial charge in [-0.25, -0.2) is 14.8 Å². The van der Waals surface area contributed by atoms with Gasteiger partial charge in [-0.2, -0.15) is 25.8 Å². The molecule has 0 spiro atoms. The number of hydrogen-bond donors (Lipinski definition) is 3. The minimum absolute atomic E-state index is 0.172. The minimum atomic E-state index is -3.08. The highest BCUT2D eigenvalue weighted by molar-refractivity contribution is 7.54. The van der Waals surface area contributed by atoms with E-state index >= 15 is 0 Å². The number of aromatic hydroxyl groups is 1. The van der Waals surface area contributed by atoms with E-state index in [1.54, 1.807) is 105 Å². The van der Waals surface area contributed by atoms with Crippen LogP contribution in [0.15, 0.2) is 97.5 Å². The molecule has 7 aromatic rings. The fourth-order valence-electron chi connectivity index (χ4n) is 9.69. The molecule has 0 fully saturated rings. The number of carbonyl (C=O) groups is 2. The van der Waals surface area contributed by atoms with Gasteiger partial charge in [-0.15, -0.1) is 0 Å². The molecule has 3 N–H and O–H groups in total. The third-order valence-corrected chi connectivity index (χ3v) is 15.5. The number of carbonyl (C=O) groups excluding carboxylic acids is 2. The first-order chi connectivity index (χ1) is 39.4. The fraction of sp³-hybridized carbons (Fsp3) is 0.270. The number of allylic oxidation sites excluding steroid dienone is 1. The average molecular weight is 1120 g/mol. The minimum Gasteiger partial charge on any atom is -0.507 e. The SMILES string of the molecule is CCOP(=O)(CC#N)OCC.Cc1cc2c(c(C)c1O)CCC2=O.Cc1cc2c(c(C)c1Oc1ccnc(Nc3ccc(C#N)cc3)n1)CCC2=O.[C-]#[N+]/C=C1\CCc2c1cc(C)c(Oc1ccnc(Nc3ccc(C#N)cc3)n1)c2C. The van der Waals surface area contributed by atoms with Gasteiger partial charge in [0, 0.05) is 59.9 Å². The van der Waals surface area contributed by atoms with Crippen molar-refractivity contribution in [2.45, 2.75) is 93.9 Å². The predicted molar refractivity (Wildman–Crippen MR) is 312 cm³/mol. The van der Waals surface area contributed by atoms with Crippen LogP contribution in [-0.2, 0) is 32.9 Å². The molecule has 3 aliphatic rings. The van der Waals surface area contributed by atoms with Crippen LogP contribution in [-0.4, -0.2) is 56.0 Å². The van der Waals surface area contributed by atoms with E-state index in [1.165, 1.54) is 5.56 Å². The fourth-order valence-corrected chi connectivity index (χ4v) is 10.9. The van der Waals surface area contributed by atoms with E-state index in [0.29, 0.717) is 66.6 Å². The zero-order valence-corrected chi connectivity index (χ0v) is 47.8.